The normalized spacial score (nSPS) is 28.2. The number of aliphatic hydroxyl groups excluding tert-OH is 2. The van der Waals surface area contributed by atoms with Crippen LogP contribution >= 0.6 is 0 Å². The summed E-state index contributed by atoms with van der Waals surface area (Å²) in [6.45, 7) is 3.47. The Bertz CT molecular complexity index is 1040. The Labute approximate surface area is 222 Å². The van der Waals surface area contributed by atoms with Gasteiger partial charge in [-0.2, -0.15) is 0 Å². The average molecular weight is 509 g/mol. The van der Waals surface area contributed by atoms with Crippen LogP contribution in [0.5, 0.6) is 11.5 Å². The van der Waals surface area contributed by atoms with Crippen molar-refractivity contribution < 1.29 is 20.1 Å². The van der Waals surface area contributed by atoms with Gasteiger partial charge in [-0.05, 0) is 93.1 Å². The molecule has 202 valence electrons. The van der Waals surface area contributed by atoms with E-state index in [1.165, 1.54) is 5.57 Å². The monoisotopic (exact) mass is 508 g/mol. The summed E-state index contributed by atoms with van der Waals surface area (Å²) >= 11 is 0. The van der Waals surface area contributed by atoms with Crippen molar-refractivity contribution in [1.29, 1.82) is 0 Å². The van der Waals surface area contributed by atoms with E-state index in [9.17, 15) is 15.3 Å². The summed E-state index contributed by atoms with van der Waals surface area (Å²) in [4.78, 5) is 0. The molecule has 0 amide bonds. The van der Waals surface area contributed by atoms with Gasteiger partial charge in [-0.1, -0.05) is 31.4 Å². The fourth-order valence-electron chi connectivity index (χ4n) is 6.13. The molecule has 1 saturated carbocycles. The molecule has 0 spiro atoms. The highest BCUT2D eigenvalue weighted by Crippen LogP contribution is 2.43. The number of allylic oxidation sites excluding steroid dienone is 2. The summed E-state index contributed by atoms with van der Waals surface area (Å²) < 4.78 is 5.88. The number of rotatable bonds is 10. The molecule has 0 unspecified atom stereocenters. The molecule has 2 aliphatic carbocycles. The summed E-state index contributed by atoms with van der Waals surface area (Å²) in [5.41, 5.74) is 8.10. The second-order valence-electron chi connectivity index (χ2n) is 11.1. The first kappa shape index (κ1) is 27.4. The van der Waals surface area contributed by atoms with Gasteiger partial charge in [-0.3, -0.25) is 0 Å². The fourth-order valence-corrected chi connectivity index (χ4v) is 6.13. The molecule has 1 aliphatic heterocycles. The van der Waals surface area contributed by atoms with Gasteiger partial charge in [0.2, 0.25) is 0 Å². The van der Waals surface area contributed by atoms with Crippen LogP contribution in [0.4, 0.5) is 0 Å². The molecule has 1 fully saturated rings. The zero-order chi connectivity index (χ0) is 26.3. The van der Waals surface area contributed by atoms with Gasteiger partial charge in [0.1, 0.15) is 0 Å². The van der Waals surface area contributed by atoms with Crippen LogP contribution in [0.15, 0.2) is 41.7 Å². The number of aliphatic hydroxyl groups is 2. The van der Waals surface area contributed by atoms with E-state index < -0.39 is 12.2 Å². The second-order valence-corrected chi connectivity index (χ2v) is 11.1. The Morgan fingerprint density at radius 2 is 2.11 bits per heavy atom. The summed E-state index contributed by atoms with van der Waals surface area (Å²) in [5, 5.41) is 35.7. The van der Waals surface area contributed by atoms with E-state index in [2.05, 4.69) is 30.2 Å². The van der Waals surface area contributed by atoms with E-state index in [0.717, 1.165) is 63.5 Å². The molecule has 3 aliphatic rings. The number of hydrogen-bond donors (Lipinski definition) is 5. The first-order valence-electron chi connectivity index (χ1n) is 14.1. The molecule has 0 radical (unpaired) electrons. The van der Waals surface area contributed by atoms with Crippen LogP contribution in [-0.4, -0.2) is 40.7 Å². The average Bonchev–Trinajstić information content (AvgIpc) is 3.08. The number of dihydropyridines is 1. The number of phenols is 1. The predicted octanol–water partition coefficient (Wildman–Crippen LogP) is 4.54. The number of hydrogen-bond acceptors (Lipinski definition) is 6. The van der Waals surface area contributed by atoms with Crippen LogP contribution in [0.1, 0.15) is 76.7 Å². The van der Waals surface area contributed by atoms with Gasteiger partial charge in [-0.15, -0.1) is 5.92 Å². The predicted molar refractivity (Wildman–Crippen MR) is 147 cm³/mol. The molecule has 1 aromatic carbocycles. The Balaban J connectivity index is 1.32. The Kier molecular flexibility index (Phi) is 9.45. The minimum absolute atomic E-state index is 0.0887. The molecule has 0 aromatic heterocycles. The third-order valence-electron chi connectivity index (χ3n) is 8.64. The van der Waals surface area contributed by atoms with Gasteiger partial charge in [0, 0.05) is 24.3 Å². The Morgan fingerprint density at radius 3 is 2.92 bits per heavy atom. The topological polar surface area (TPSA) is 108 Å². The lowest BCUT2D eigenvalue weighted by molar-refractivity contribution is -0.0231. The van der Waals surface area contributed by atoms with Gasteiger partial charge in [0.25, 0.3) is 0 Å². The summed E-state index contributed by atoms with van der Waals surface area (Å²) in [6.07, 6.45) is 12.7. The molecule has 1 heterocycles. The van der Waals surface area contributed by atoms with Crippen molar-refractivity contribution in [3.63, 3.8) is 0 Å². The van der Waals surface area contributed by atoms with Gasteiger partial charge in [-0.25, -0.2) is 0 Å². The van der Waals surface area contributed by atoms with Crippen LogP contribution < -0.4 is 15.8 Å². The van der Waals surface area contributed by atoms with Crippen molar-refractivity contribution in [2.75, 3.05) is 13.2 Å². The highest BCUT2D eigenvalue weighted by Gasteiger charge is 2.38. The molecule has 1 aromatic rings. The molecule has 6 heteroatoms. The van der Waals surface area contributed by atoms with Gasteiger partial charge in [0.05, 0.1) is 24.6 Å². The fraction of sp³-hybridized carbons (Fsp3) is 0.613. The molecular weight excluding hydrogens is 464 g/mol. The van der Waals surface area contributed by atoms with E-state index in [4.69, 9.17) is 10.5 Å². The minimum Gasteiger partial charge on any atom is -0.504 e. The molecular formula is C31H44N2O4. The lowest BCUT2D eigenvalue weighted by atomic mass is 9.78. The van der Waals surface area contributed by atoms with E-state index in [1.807, 2.05) is 18.2 Å². The Morgan fingerprint density at radius 1 is 1.24 bits per heavy atom. The molecule has 0 saturated heterocycles. The number of nitrogens with one attached hydrogen (secondary N) is 1. The van der Waals surface area contributed by atoms with Gasteiger partial charge >= 0.3 is 0 Å². The van der Waals surface area contributed by atoms with E-state index in [0.29, 0.717) is 37.4 Å². The lowest BCUT2D eigenvalue weighted by Crippen LogP contribution is -2.37. The minimum atomic E-state index is -0.628. The zero-order valence-corrected chi connectivity index (χ0v) is 22.2. The molecule has 6 N–H and O–H groups in total. The van der Waals surface area contributed by atoms with Crippen LogP contribution in [0.3, 0.4) is 0 Å². The number of phenolic OH excluding ortho intramolecular Hbond substituents is 1. The summed E-state index contributed by atoms with van der Waals surface area (Å²) in [7, 11) is 0. The van der Waals surface area contributed by atoms with Crippen LogP contribution in [0.25, 0.3) is 0 Å². The molecule has 4 rings (SSSR count). The van der Waals surface area contributed by atoms with Crippen molar-refractivity contribution in [2.24, 2.45) is 23.0 Å². The molecule has 37 heavy (non-hydrogen) atoms. The third kappa shape index (κ3) is 7.24. The first-order chi connectivity index (χ1) is 17.9. The van der Waals surface area contributed by atoms with Crippen molar-refractivity contribution in [3.05, 3.63) is 47.3 Å². The smallest absolute Gasteiger partial charge is 0.161 e. The van der Waals surface area contributed by atoms with Crippen LogP contribution in [-0.2, 0) is 6.42 Å². The molecule has 6 nitrogen and oxygen atoms in total. The zero-order valence-electron chi connectivity index (χ0n) is 22.2. The number of benzene rings is 1. The van der Waals surface area contributed by atoms with E-state index >= 15 is 0 Å². The maximum absolute atomic E-state index is 11.2. The van der Waals surface area contributed by atoms with Crippen molar-refractivity contribution in [1.82, 2.24) is 5.32 Å². The first-order valence-corrected chi connectivity index (χ1v) is 14.1. The number of ether oxygens (including phenoxy) is 1. The van der Waals surface area contributed by atoms with Crippen LogP contribution in [0.2, 0.25) is 0 Å². The lowest BCUT2D eigenvalue weighted by Gasteiger charge is -2.31. The number of aromatic hydroxyl groups is 1. The van der Waals surface area contributed by atoms with Gasteiger partial charge in [0.15, 0.2) is 11.5 Å². The molecule has 5 atom stereocenters. The Hall–Kier alpha value is -2.62. The highest BCUT2D eigenvalue weighted by atomic mass is 16.5. The highest BCUT2D eigenvalue weighted by molar-refractivity contribution is 5.42. The maximum atomic E-state index is 11.2. The second kappa shape index (κ2) is 12.8. The van der Waals surface area contributed by atoms with Crippen molar-refractivity contribution in [2.45, 2.75) is 89.8 Å². The van der Waals surface area contributed by atoms with E-state index in [1.54, 1.807) is 6.07 Å². The number of fused-ring (bicyclic) bond motifs is 3. The van der Waals surface area contributed by atoms with E-state index in [-0.39, 0.29) is 23.0 Å². The summed E-state index contributed by atoms with van der Waals surface area (Å²) in [6, 6.07) is 5.39. The summed E-state index contributed by atoms with van der Waals surface area (Å²) in [5.74, 6) is 8.20. The number of nitrogens with two attached hydrogens (primary N) is 1. The van der Waals surface area contributed by atoms with Crippen molar-refractivity contribution in [3.8, 4) is 23.3 Å². The SMILES string of the molecule is CC[C@@]12C#CC[C@H]([C@H](O)CCc3ccc(O)c(OCCCC4=CCNC(N)=C4)c3)[C@@H](O)[C@@H](CCC1)CC2. The molecule has 2 bridgehead atoms. The number of aryl methyl sites for hydroxylation is 1. The van der Waals surface area contributed by atoms with Crippen LogP contribution in [0, 0.1) is 29.1 Å². The standard InChI is InChI=1S/C31H44N2O4/c1-2-31-15-3-7-24(13-17-31)30(36)25(8-4-16-31)26(34)11-9-23-10-12-27(35)28(20-23)37-19-5-6-22-14-18-33-29(32)21-22/h10,12,14,20-21,24-26,30,33-36H,2-3,5-9,11,13,15,17-19,32H2,1H3/t24-,25+,26+,30-,31-/m0/s1. The third-order valence-corrected chi connectivity index (χ3v) is 8.64. The van der Waals surface area contributed by atoms with Crippen molar-refractivity contribution >= 4 is 0 Å². The largest absolute Gasteiger partial charge is 0.504 e. The van der Waals surface area contributed by atoms with Gasteiger partial charge < -0.3 is 31.1 Å². The quantitative estimate of drug-likeness (QED) is 0.235. The maximum Gasteiger partial charge on any atom is 0.161 e.